The van der Waals surface area contributed by atoms with Crippen LogP contribution in [-0.2, 0) is 10.0 Å². The highest BCUT2D eigenvalue weighted by Gasteiger charge is 2.23. The summed E-state index contributed by atoms with van der Waals surface area (Å²) < 4.78 is 40.0. The van der Waals surface area contributed by atoms with Crippen LogP contribution in [0.1, 0.15) is 0 Å². The molecular formula is C12H9Cl2FN2O2S. The number of nitrogens with one attached hydrogen (secondary N) is 1. The number of hydrogen-bond acceptors (Lipinski definition) is 3. The molecule has 0 saturated carbocycles. The van der Waals surface area contributed by atoms with Crippen LogP contribution < -0.4 is 10.5 Å². The molecule has 0 atom stereocenters. The number of hydrogen-bond donors (Lipinski definition) is 2. The van der Waals surface area contributed by atoms with Crippen molar-refractivity contribution in [3.8, 4) is 0 Å². The first-order chi connectivity index (χ1) is 9.31. The number of benzene rings is 2. The zero-order chi connectivity index (χ0) is 14.9. The minimum Gasteiger partial charge on any atom is -0.399 e. The first-order valence-corrected chi connectivity index (χ1v) is 7.57. The molecule has 8 heteroatoms. The van der Waals surface area contributed by atoms with Crippen molar-refractivity contribution in [2.24, 2.45) is 0 Å². The second-order valence-electron chi connectivity index (χ2n) is 3.90. The SMILES string of the molecule is Nc1cc(Cl)c(S(=O)(=O)Nc2ccccc2F)c(Cl)c1. The maximum absolute atomic E-state index is 13.5. The molecule has 0 unspecified atom stereocenters. The van der Waals surface area contributed by atoms with Gasteiger partial charge in [0.25, 0.3) is 10.0 Å². The second kappa shape index (κ2) is 5.47. The van der Waals surface area contributed by atoms with Gasteiger partial charge in [-0.15, -0.1) is 0 Å². The first-order valence-electron chi connectivity index (χ1n) is 5.33. The van der Waals surface area contributed by atoms with E-state index in [0.29, 0.717) is 0 Å². The summed E-state index contributed by atoms with van der Waals surface area (Å²) in [6.45, 7) is 0. The molecule has 0 radical (unpaired) electrons. The van der Waals surface area contributed by atoms with E-state index in [-0.39, 0.29) is 26.3 Å². The van der Waals surface area contributed by atoms with Gasteiger partial charge in [-0.1, -0.05) is 35.3 Å². The van der Waals surface area contributed by atoms with Gasteiger partial charge >= 0.3 is 0 Å². The summed E-state index contributed by atoms with van der Waals surface area (Å²) >= 11 is 11.7. The maximum atomic E-state index is 13.5. The Morgan fingerprint density at radius 2 is 1.65 bits per heavy atom. The van der Waals surface area contributed by atoms with Crippen LogP contribution in [0.15, 0.2) is 41.3 Å². The average molecular weight is 335 g/mol. The lowest BCUT2D eigenvalue weighted by molar-refractivity contribution is 0.598. The zero-order valence-corrected chi connectivity index (χ0v) is 12.2. The van der Waals surface area contributed by atoms with E-state index < -0.39 is 15.8 Å². The summed E-state index contributed by atoms with van der Waals surface area (Å²) in [6, 6.07) is 7.85. The fourth-order valence-corrected chi connectivity index (χ4v) is 3.88. The molecule has 2 aromatic carbocycles. The Balaban J connectivity index is 2.50. The third-order valence-corrected chi connectivity index (χ3v) is 4.69. The highest BCUT2D eigenvalue weighted by Crippen LogP contribution is 2.33. The third-order valence-electron chi connectivity index (χ3n) is 2.41. The van der Waals surface area contributed by atoms with E-state index in [2.05, 4.69) is 4.72 Å². The molecular weight excluding hydrogens is 326 g/mol. The van der Waals surface area contributed by atoms with Crippen LogP contribution >= 0.6 is 23.2 Å². The third kappa shape index (κ3) is 2.98. The van der Waals surface area contributed by atoms with Crippen molar-refractivity contribution < 1.29 is 12.8 Å². The van der Waals surface area contributed by atoms with Crippen LogP contribution in [0.3, 0.4) is 0 Å². The molecule has 0 aliphatic rings. The highest BCUT2D eigenvalue weighted by molar-refractivity contribution is 7.93. The molecule has 0 aliphatic carbocycles. The van der Waals surface area contributed by atoms with E-state index in [1.807, 2.05) is 0 Å². The Hall–Kier alpha value is -1.50. The number of sulfonamides is 1. The maximum Gasteiger partial charge on any atom is 0.264 e. The summed E-state index contributed by atoms with van der Waals surface area (Å²) in [4.78, 5) is -0.349. The molecule has 3 N–H and O–H groups in total. The molecule has 20 heavy (non-hydrogen) atoms. The Morgan fingerprint density at radius 3 is 2.20 bits per heavy atom. The molecule has 0 spiro atoms. The van der Waals surface area contributed by atoms with Gasteiger partial charge < -0.3 is 5.73 Å². The van der Waals surface area contributed by atoms with Gasteiger partial charge in [-0.25, -0.2) is 12.8 Å². The van der Waals surface area contributed by atoms with Crippen molar-refractivity contribution in [3.05, 3.63) is 52.3 Å². The van der Waals surface area contributed by atoms with Crippen LogP contribution in [0.4, 0.5) is 15.8 Å². The minimum atomic E-state index is -4.12. The second-order valence-corrected chi connectivity index (χ2v) is 6.33. The first kappa shape index (κ1) is 14.9. The lowest BCUT2D eigenvalue weighted by Gasteiger charge is -2.12. The van der Waals surface area contributed by atoms with Gasteiger partial charge in [0, 0.05) is 5.69 Å². The Labute approximate surface area is 125 Å². The van der Waals surface area contributed by atoms with Crippen LogP contribution in [-0.4, -0.2) is 8.42 Å². The lowest BCUT2D eigenvalue weighted by Crippen LogP contribution is -2.15. The Bertz CT molecular complexity index is 743. The summed E-state index contributed by atoms with van der Waals surface area (Å²) in [5.41, 5.74) is 5.53. The molecule has 0 heterocycles. The molecule has 0 bridgehead atoms. The van der Waals surface area contributed by atoms with Crippen molar-refractivity contribution in [1.29, 1.82) is 0 Å². The number of nitrogen functional groups attached to an aromatic ring is 1. The normalized spacial score (nSPS) is 11.3. The van der Waals surface area contributed by atoms with Gasteiger partial charge in [0.1, 0.15) is 10.7 Å². The molecule has 0 saturated heterocycles. The molecule has 0 aliphatic heterocycles. The number of nitrogens with two attached hydrogens (primary N) is 1. The van der Waals surface area contributed by atoms with Gasteiger partial charge in [-0.2, -0.15) is 0 Å². The van der Waals surface area contributed by atoms with Gasteiger partial charge in [-0.05, 0) is 24.3 Å². The van der Waals surface area contributed by atoms with Crippen molar-refractivity contribution in [1.82, 2.24) is 0 Å². The van der Waals surface area contributed by atoms with E-state index >= 15 is 0 Å². The van der Waals surface area contributed by atoms with Gasteiger partial charge in [-0.3, -0.25) is 4.72 Å². The smallest absolute Gasteiger partial charge is 0.264 e. The van der Waals surface area contributed by atoms with Crippen molar-refractivity contribution in [3.63, 3.8) is 0 Å². The molecule has 2 rings (SSSR count). The fourth-order valence-electron chi connectivity index (χ4n) is 1.58. The fraction of sp³-hybridized carbons (Fsp3) is 0. The number of anilines is 2. The predicted molar refractivity (Wildman–Crippen MR) is 78.1 cm³/mol. The number of para-hydroxylation sites is 1. The zero-order valence-electron chi connectivity index (χ0n) is 9.90. The molecule has 106 valence electrons. The van der Waals surface area contributed by atoms with E-state index in [1.54, 1.807) is 0 Å². The number of rotatable bonds is 3. The summed E-state index contributed by atoms with van der Waals surface area (Å²) in [5.74, 6) is -0.709. The lowest BCUT2D eigenvalue weighted by atomic mass is 10.3. The summed E-state index contributed by atoms with van der Waals surface area (Å²) in [7, 11) is -4.12. The van der Waals surface area contributed by atoms with E-state index in [0.717, 1.165) is 6.07 Å². The molecule has 0 aromatic heterocycles. The summed E-state index contributed by atoms with van der Waals surface area (Å²) in [5, 5.41) is -0.280. The summed E-state index contributed by atoms with van der Waals surface area (Å²) in [6.07, 6.45) is 0. The van der Waals surface area contributed by atoms with Crippen LogP contribution in [0.25, 0.3) is 0 Å². The van der Waals surface area contributed by atoms with Crippen LogP contribution in [0, 0.1) is 5.82 Å². The molecule has 2 aromatic rings. The number of halogens is 3. The van der Waals surface area contributed by atoms with E-state index in [4.69, 9.17) is 28.9 Å². The van der Waals surface area contributed by atoms with Crippen molar-refractivity contribution >= 4 is 44.6 Å². The van der Waals surface area contributed by atoms with Crippen molar-refractivity contribution in [2.75, 3.05) is 10.5 Å². The standard InChI is InChI=1S/C12H9Cl2FN2O2S/c13-8-5-7(16)6-9(14)12(8)20(18,19)17-11-4-2-1-3-10(11)15/h1-6,17H,16H2. The largest absolute Gasteiger partial charge is 0.399 e. The van der Waals surface area contributed by atoms with Crippen molar-refractivity contribution in [2.45, 2.75) is 4.90 Å². The molecule has 4 nitrogen and oxygen atoms in total. The molecule has 0 fully saturated rings. The van der Waals surface area contributed by atoms with Crippen LogP contribution in [0.5, 0.6) is 0 Å². The monoisotopic (exact) mass is 334 g/mol. The molecule has 0 amide bonds. The van der Waals surface area contributed by atoms with Gasteiger partial charge in [0.05, 0.1) is 15.7 Å². The quantitative estimate of drug-likeness (QED) is 0.843. The van der Waals surface area contributed by atoms with Crippen LogP contribution in [0.2, 0.25) is 10.0 Å². The topological polar surface area (TPSA) is 72.2 Å². The Kier molecular flexibility index (Phi) is 4.08. The average Bonchev–Trinajstić information content (AvgIpc) is 2.30. The van der Waals surface area contributed by atoms with E-state index in [9.17, 15) is 12.8 Å². The predicted octanol–water partition coefficient (Wildman–Crippen LogP) is 3.52. The van der Waals surface area contributed by atoms with Gasteiger partial charge in [0.2, 0.25) is 0 Å². The Morgan fingerprint density at radius 1 is 1.10 bits per heavy atom. The van der Waals surface area contributed by atoms with Gasteiger partial charge in [0.15, 0.2) is 0 Å². The van der Waals surface area contributed by atoms with E-state index in [1.165, 1.54) is 30.3 Å². The minimum absolute atomic E-state index is 0.140. The highest BCUT2D eigenvalue weighted by atomic mass is 35.5.